The van der Waals surface area contributed by atoms with Crippen LogP contribution in [0.2, 0.25) is 5.02 Å². The minimum absolute atomic E-state index is 0.237. The van der Waals surface area contributed by atoms with E-state index in [2.05, 4.69) is 14.9 Å². The van der Waals surface area contributed by atoms with Crippen molar-refractivity contribution < 1.29 is 0 Å². The van der Waals surface area contributed by atoms with Crippen molar-refractivity contribution in [2.45, 2.75) is 25.8 Å². The fraction of sp³-hybridized carbons (Fsp3) is 0.600. The van der Waals surface area contributed by atoms with Gasteiger partial charge >= 0.3 is 0 Å². The van der Waals surface area contributed by atoms with Gasteiger partial charge in [-0.25, -0.2) is 9.97 Å². The molecule has 1 atom stereocenters. The summed E-state index contributed by atoms with van der Waals surface area (Å²) in [5.41, 5.74) is 6.76. The fourth-order valence-electron chi connectivity index (χ4n) is 1.84. The molecule has 2 rings (SSSR count). The summed E-state index contributed by atoms with van der Waals surface area (Å²) in [6, 6.07) is 0.237. The van der Waals surface area contributed by atoms with Crippen molar-refractivity contribution in [2.24, 2.45) is 5.73 Å². The maximum Gasteiger partial charge on any atom is 0.151 e. The Balaban J connectivity index is 2.28. The first kappa shape index (κ1) is 10.6. The summed E-state index contributed by atoms with van der Waals surface area (Å²) >= 11 is 6.23. The third kappa shape index (κ3) is 2.06. The highest BCUT2D eigenvalue weighted by Crippen LogP contribution is 2.27. The lowest BCUT2D eigenvalue weighted by molar-refractivity contribution is 0.751. The van der Waals surface area contributed by atoms with Crippen LogP contribution in [0.15, 0.2) is 6.33 Å². The van der Waals surface area contributed by atoms with E-state index in [-0.39, 0.29) is 6.04 Å². The molecule has 4 nitrogen and oxygen atoms in total. The van der Waals surface area contributed by atoms with E-state index in [9.17, 15) is 0 Å². The molecule has 1 aliphatic rings. The average molecular weight is 227 g/mol. The quantitative estimate of drug-likeness (QED) is 0.824. The van der Waals surface area contributed by atoms with Gasteiger partial charge in [0.25, 0.3) is 0 Å². The van der Waals surface area contributed by atoms with Crippen LogP contribution in [0.4, 0.5) is 5.82 Å². The molecule has 0 spiro atoms. The molecule has 15 heavy (non-hydrogen) atoms. The zero-order valence-corrected chi connectivity index (χ0v) is 9.54. The summed E-state index contributed by atoms with van der Waals surface area (Å²) in [4.78, 5) is 10.5. The van der Waals surface area contributed by atoms with Gasteiger partial charge < -0.3 is 10.6 Å². The second kappa shape index (κ2) is 4.33. The molecular formula is C10H15ClN4. The van der Waals surface area contributed by atoms with Gasteiger partial charge in [-0.15, -0.1) is 0 Å². The van der Waals surface area contributed by atoms with E-state index in [0.29, 0.717) is 5.02 Å². The molecule has 5 heteroatoms. The molecule has 2 N–H and O–H groups in total. The smallest absolute Gasteiger partial charge is 0.151 e. The molecule has 0 aliphatic carbocycles. The number of aryl methyl sites for hydroxylation is 1. The highest BCUT2D eigenvalue weighted by atomic mass is 35.5. The zero-order chi connectivity index (χ0) is 10.8. The van der Waals surface area contributed by atoms with Crippen LogP contribution < -0.4 is 10.6 Å². The molecule has 1 aromatic heterocycles. The molecule has 1 fully saturated rings. The van der Waals surface area contributed by atoms with E-state index >= 15 is 0 Å². The lowest BCUT2D eigenvalue weighted by atomic mass is 10.3. The van der Waals surface area contributed by atoms with Crippen molar-refractivity contribution in [1.82, 2.24) is 9.97 Å². The molecule has 1 aliphatic heterocycles. The van der Waals surface area contributed by atoms with Gasteiger partial charge in [0.05, 0.1) is 5.69 Å². The maximum atomic E-state index is 6.23. The van der Waals surface area contributed by atoms with Crippen molar-refractivity contribution in [2.75, 3.05) is 18.0 Å². The van der Waals surface area contributed by atoms with Gasteiger partial charge in [-0.1, -0.05) is 18.5 Å². The minimum atomic E-state index is 0.237. The zero-order valence-electron chi connectivity index (χ0n) is 8.78. The van der Waals surface area contributed by atoms with Gasteiger partial charge in [0.15, 0.2) is 5.82 Å². The number of anilines is 1. The van der Waals surface area contributed by atoms with Crippen LogP contribution in [0.1, 0.15) is 19.0 Å². The SMILES string of the molecule is CCc1ncnc(N2CCC(N)C2)c1Cl. The minimum Gasteiger partial charge on any atom is -0.354 e. The summed E-state index contributed by atoms with van der Waals surface area (Å²) in [6.45, 7) is 3.80. The topological polar surface area (TPSA) is 55.0 Å². The lowest BCUT2D eigenvalue weighted by Crippen LogP contribution is -2.27. The Morgan fingerprint density at radius 1 is 1.60 bits per heavy atom. The number of aromatic nitrogens is 2. The van der Waals surface area contributed by atoms with Crippen LogP contribution in [0.25, 0.3) is 0 Å². The summed E-state index contributed by atoms with van der Waals surface area (Å²) in [5, 5.41) is 0.675. The Morgan fingerprint density at radius 2 is 2.40 bits per heavy atom. The van der Waals surface area contributed by atoms with Crippen LogP contribution in [0, 0.1) is 0 Å². The predicted molar refractivity (Wildman–Crippen MR) is 61.2 cm³/mol. The van der Waals surface area contributed by atoms with E-state index in [1.54, 1.807) is 6.33 Å². The Labute approximate surface area is 94.5 Å². The Morgan fingerprint density at radius 3 is 3.00 bits per heavy atom. The first-order valence-corrected chi connectivity index (χ1v) is 5.60. The second-order valence-electron chi connectivity index (χ2n) is 3.81. The molecule has 0 amide bonds. The van der Waals surface area contributed by atoms with E-state index in [0.717, 1.165) is 37.4 Å². The molecule has 0 aromatic carbocycles. The first-order chi connectivity index (χ1) is 7.22. The van der Waals surface area contributed by atoms with Crippen molar-refractivity contribution in [1.29, 1.82) is 0 Å². The Bertz CT molecular complexity index is 355. The predicted octanol–water partition coefficient (Wildman–Crippen LogP) is 1.23. The normalized spacial score (nSPS) is 21.0. The van der Waals surface area contributed by atoms with Crippen LogP contribution in [-0.4, -0.2) is 29.1 Å². The molecule has 1 unspecified atom stereocenters. The van der Waals surface area contributed by atoms with Crippen molar-refractivity contribution in [3.8, 4) is 0 Å². The highest BCUT2D eigenvalue weighted by Gasteiger charge is 2.23. The van der Waals surface area contributed by atoms with E-state index in [4.69, 9.17) is 17.3 Å². The molecule has 82 valence electrons. The first-order valence-electron chi connectivity index (χ1n) is 5.22. The lowest BCUT2D eigenvalue weighted by Gasteiger charge is -2.18. The third-order valence-electron chi connectivity index (χ3n) is 2.70. The van der Waals surface area contributed by atoms with Crippen LogP contribution in [0.3, 0.4) is 0 Å². The third-order valence-corrected chi connectivity index (χ3v) is 3.09. The van der Waals surface area contributed by atoms with Gasteiger partial charge in [-0.2, -0.15) is 0 Å². The molecule has 0 radical (unpaired) electrons. The fourth-order valence-corrected chi connectivity index (χ4v) is 2.19. The Kier molecular flexibility index (Phi) is 3.07. The summed E-state index contributed by atoms with van der Waals surface area (Å²) in [5.74, 6) is 0.830. The molecule has 1 aromatic rings. The van der Waals surface area contributed by atoms with Crippen LogP contribution in [-0.2, 0) is 6.42 Å². The summed E-state index contributed by atoms with van der Waals surface area (Å²) in [7, 11) is 0. The van der Waals surface area contributed by atoms with Crippen LogP contribution >= 0.6 is 11.6 Å². The van der Waals surface area contributed by atoms with Gasteiger partial charge in [0.1, 0.15) is 11.3 Å². The largest absolute Gasteiger partial charge is 0.354 e. The molecule has 2 heterocycles. The highest BCUT2D eigenvalue weighted by molar-refractivity contribution is 6.33. The molecule has 0 saturated carbocycles. The van der Waals surface area contributed by atoms with Crippen LogP contribution in [0.5, 0.6) is 0 Å². The number of hydrogen-bond acceptors (Lipinski definition) is 4. The summed E-state index contributed by atoms with van der Waals surface area (Å²) in [6.07, 6.45) is 3.40. The molecule has 0 bridgehead atoms. The number of rotatable bonds is 2. The average Bonchev–Trinajstić information content (AvgIpc) is 2.65. The number of hydrogen-bond donors (Lipinski definition) is 1. The van der Waals surface area contributed by atoms with Gasteiger partial charge in [-0.05, 0) is 12.8 Å². The van der Waals surface area contributed by atoms with E-state index in [1.165, 1.54) is 0 Å². The number of nitrogens with two attached hydrogens (primary N) is 1. The van der Waals surface area contributed by atoms with Crippen molar-refractivity contribution in [3.63, 3.8) is 0 Å². The van der Waals surface area contributed by atoms with Gasteiger partial charge in [0, 0.05) is 19.1 Å². The standard InChI is InChI=1S/C10H15ClN4/c1-2-8-9(11)10(14-6-13-8)15-4-3-7(12)5-15/h6-7H,2-5,12H2,1H3. The molecular weight excluding hydrogens is 212 g/mol. The van der Waals surface area contributed by atoms with Gasteiger partial charge in [0.2, 0.25) is 0 Å². The summed E-state index contributed by atoms with van der Waals surface area (Å²) < 4.78 is 0. The molecule has 1 saturated heterocycles. The number of halogens is 1. The van der Waals surface area contributed by atoms with Gasteiger partial charge in [-0.3, -0.25) is 0 Å². The Hall–Kier alpha value is -0.870. The maximum absolute atomic E-state index is 6.23. The van der Waals surface area contributed by atoms with E-state index < -0.39 is 0 Å². The van der Waals surface area contributed by atoms with Crippen molar-refractivity contribution >= 4 is 17.4 Å². The number of nitrogens with zero attached hydrogens (tertiary/aromatic N) is 3. The van der Waals surface area contributed by atoms with Crippen molar-refractivity contribution in [3.05, 3.63) is 17.0 Å². The van der Waals surface area contributed by atoms with E-state index in [1.807, 2.05) is 6.92 Å². The monoisotopic (exact) mass is 226 g/mol. The second-order valence-corrected chi connectivity index (χ2v) is 4.18.